The summed E-state index contributed by atoms with van der Waals surface area (Å²) in [6.07, 6.45) is 3.20. The highest BCUT2D eigenvalue weighted by Gasteiger charge is 2.51. The molecule has 0 radical (unpaired) electrons. The molecule has 118 valence electrons. The summed E-state index contributed by atoms with van der Waals surface area (Å²) >= 11 is 0. The molecule has 0 saturated carbocycles. The first-order valence-corrected chi connectivity index (χ1v) is 8.15. The lowest BCUT2D eigenvalue weighted by Gasteiger charge is -2.32. The van der Waals surface area contributed by atoms with Gasteiger partial charge in [0.1, 0.15) is 0 Å². The summed E-state index contributed by atoms with van der Waals surface area (Å²) in [5.74, 6) is 0.638. The summed E-state index contributed by atoms with van der Waals surface area (Å²) in [4.78, 5) is 3.36. The van der Waals surface area contributed by atoms with Gasteiger partial charge in [-0.1, -0.05) is 26.0 Å². The van der Waals surface area contributed by atoms with E-state index in [2.05, 4.69) is 70.9 Å². The summed E-state index contributed by atoms with van der Waals surface area (Å²) in [5.41, 5.74) is 3.03. The Balaban J connectivity index is 1.96. The number of aromatic amines is 1. The van der Waals surface area contributed by atoms with Gasteiger partial charge in [0.15, 0.2) is 0 Å². The van der Waals surface area contributed by atoms with E-state index in [1.54, 1.807) is 0 Å². The second kappa shape index (κ2) is 5.14. The van der Waals surface area contributed by atoms with Crippen molar-refractivity contribution in [1.29, 1.82) is 0 Å². The van der Waals surface area contributed by atoms with Crippen LogP contribution in [0, 0.1) is 5.92 Å². The fraction of sp³-hybridized carbons (Fsp3) is 0.556. The number of benzene rings is 1. The maximum atomic E-state index is 6.16. The smallest absolute Gasteiger partial charge is 0.399 e. The lowest BCUT2D eigenvalue weighted by Crippen LogP contribution is -2.41. The van der Waals surface area contributed by atoms with Gasteiger partial charge < -0.3 is 14.3 Å². The van der Waals surface area contributed by atoms with Gasteiger partial charge in [-0.25, -0.2) is 0 Å². The molecular formula is C18H26BNO2. The van der Waals surface area contributed by atoms with Crippen LogP contribution in [0.15, 0.2) is 24.4 Å². The number of fused-ring (bicyclic) bond motifs is 1. The zero-order valence-electron chi connectivity index (χ0n) is 14.5. The van der Waals surface area contributed by atoms with E-state index in [0.717, 1.165) is 11.9 Å². The average molecular weight is 299 g/mol. The normalized spacial score (nSPS) is 20.2. The highest BCUT2D eigenvalue weighted by atomic mass is 16.7. The number of rotatable bonds is 3. The van der Waals surface area contributed by atoms with Crippen molar-refractivity contribution in [3.63, 3.8) is 0 Å². The molecule has 0 amide bonds. The molecule has 0 spiro atoms. The quantitative estimate of drug-likeness (QED) is 0.878. The van der Waals surface area contributed by atoms with Crippen LogP contribution in [0.25, 0.3) is 10.9 Å². The van der Waals surface area contributed by atoms with Crippen molar-refractivity contribution in [1.82, 2.24) is 4.98 Å². The molecule has 0 aliphatic carbocycles. The van der Waals surface area contributed by atoms with Gasteiger partial charge in [-0.05, 0) is 57.1 Å². The van der Waals surface area contributed by atoms with E-state index in [0.29, 0.717) is 5.92 Å². The Kier molecular flexibility index (Phi) is 3.65. The van der Waals surface area contributed by atoms with Gasteiger partial charge in [-0.15, -0.1) is 0 Å². The van der Waals surface area contributed by atoms with Gasteiger partial charge in [0.25, 0.3) is 0 Å². The predicted molar refractivity (Wildman–Crippen MR) is 92.6 cm³/mol. The maximum Gasteiger partial charge on any atom is 0.494 e. The third-order valence-electron chi connectivity index (χ3n) is 4.95. The van der Waals surface area contributed by atoms with Crippen LogP contribution in [-0.4, -0.2) is 23.3 Å². The molecule has 0 bridgehead atoms. The summed E-state index contributed by atoms with van der Waals surface area (Å²) in [6.45, 7) is 12.9. The zero-order chi connectivity index (χ0) is 16.1. The lowest BCUT2D eigenvalue weighted by atomic mass is 9.78. The van der Waals surface area contributed by atoms with Crippen molar-refractivity contribution in [2.45, 2.75) is 59.2 Å². The molecule has 2 aromatic rings. The molecule has 0 atom stereocenters. The first-order valence-electron chi connectivity index (χ1n) is 8.15. The Bertz CT molecular complexity index is 671. The van der Waals surface area contributed by atoms with Crippen LogP contribution in [0.1, 0.15) is 47.1 Å². The van der Waals surface area contributed by atoms with Crippen molar-refractivity contribution in [3.05, 3.63) is 30.0 Å². The standard InChI is InChI=1S/C18H26BNO2/c1-12(2)9-13-11-20-16-8-7-14(10-15(13)16)19-21-17(3,4)18(5,6)22-19/h7-8,10-12,20H,9H2,1-6H3. The second-order valence-electron chi connectivity index (χ2n) is 7.81. The monoisotopic (exact) mass is 299 g/mol. The van der Waals surface area contributed by atoms with Crippen LogP contribution in [0.5, 0.6) is 0 Å². The fourth-order valence-electron chi connectivity index (χ4n) is 2.93. The second-order valence-corrected chi connectivity index (χ2v) is 7.81. The van der Waals surface area contributed by atoms with Gasteiger partial charge in [0.05, 0.1) is 11.2 Å². The zero-order valence-corrected chi connectivity index (χ0v) is 14.5. The van der Waals surface area contributed by atoms with Crippen LogP contribution in [0.3, 0.4) is 0 Å². The Morgan fingerprint density at radius 3 is 2.32 bits per heavy atom. The van der Waals surface area contributed by atoms with E-state index in [9.17, 15) is 0 Å². The summed E-state index contributed by atoms with van der Waals surface area (Å²) in [7, 11) is -0.295. The van der Waals surface area contributed by atoms with Crippen LogP contribution >= 0.6 is 0 Å². The van der Waals surface area contributed by atoms with E-state index in [1.165, 1.54) is 16.5 Å². The molecule has 1 saturated heterocycles. The minimum atomic E-state index is -0.300. The van der Waals surface area contributed by atoms with Gasteiger partial charge in [-0.2, -0.15) is 0 Å². The predicted octanol–water partition coefficient (Wildman–Crippen LogP) is 3.67. The average Bonchev–Trinajstić information content (AvgIpc) is 2.88. The summed E-state index contributed by atoms with van der Waals surface area (Å²) < 4.78 is 12.3. The first kappa shape index (κ1) is 15.6. The fourth-order valence-corrected chi connectivity index (χ4v) is 2.93. The molecule has 1 aliphatic rings. The number of hydrogen-bond acceptors (Lipinski definition) is 2. The molecule has 1 aromatic carbocycles. The first-order chi connectivity index (χ1) is 10.2. The molecular weight excluding hydrogens is 273 g/mol. The maximum absolute atomic E-state index is 6.16. The molecule has 22 heavy (non-hydrogen) atoms. The summed E-state index contributed by atoms with van der Waals surface area (Å²) in [6, 6.07) is 6.44. The van der Waals surface area contributed by atoms with E-state index in [-0.39, 0.29) is 18.3 Å². The van der Waals surface area contributed by atoms with Crippen LogP contribution in [0.4, 0.5) is 0 Å². The highest BCUT2D eigenvalue weighted by Crippen LogP contribution is 2.36. The highest BCUT2D eigenvalue weighted by molar-refractivity contribution is 6.62. The molecule has 2 heterocycles. The molecule has 3 rings (SSSR count). The minimum absolute atomic E-state index is 0.295. The Morgan fingerprint density at radius 1 is 1.09 bits per heavy atom. The number of H-pyrrole nitrogens is 1. The Labute approximate surface area is 133 Å². The minimum Gasteiger partial charge on any atom is -0.399 e. The molecule has 1 fully saturated rings. The van der Waals surface area contributed by atoms with Gasteiger partial charge in [0, 0.05) is 17.1 Å². The van der Waals surface area contributed by atoms with Crippen molar-refractivity contribution < 1.29 is 9.31 Å². The van der Waals surface area contributed by atoms with E-state index in [1.807, 2.05) is 0 Å². The lowest BCUT2D eigenvalue weighted by molar-refractivity contribution is 0.00578. The summed E-state index contributed by atoms with van der Waals surface area (Å²) in [5, 5.41) is 1.28. The van der Waals surface area contributed by atoms with E-state index >= 15 is 0 Å². The number of aromatic nitrogens is 1. The Morgan fingerprint density at radius 2 is 1.73 bits per heavy atom. The van der Waals surface area contributed by atoms with Gasteiger partial charge >= 0.3 is 7.12 Å². The van der Waals surface area contributed by atoms with Crippen molar-refractivity contribution in [2.24, 2.45) is 5.92 Å². The van der Waals surface area contributed by atoms with Gasteiger partial charge in [-0.3, -0.25) is 0 Å². The van der Waals surface area contributed by atoms with E-state index in [4.69, 9.17) is 9.31 Å². The van der Waals surface area contributed by atoms with E-state index < -0.39 is 0 Å². The third-order valence-corrected chi connectivity index (χ3v) is 4.95. The molecule has 1 N–H and O–H groups in total. The largest absolute Gasteiger partial charge is 0.494 e. The number of hydrogen-bond donors (Lipinski definition) is 1. The van der Waals surface area contributed by atoms with Crippen LogP contribution in [-0.2, 0) is 15.7 Å². The molecule has 1 aliphatic heterocycles. The van der Waals surface area contributed by atoms with Crippen LogP contribution in [0.2, 0.25) is 0 Å². The van der Waals surface area contributed by atoms with Crippen molar-refractivity contribution in [2.75, 3.05) is 0 Å². The van der Waals surface area contributed by atoms with Crippen molar-refractivity contribution in [3.8, 4) is 0 Å². The van der Waals surface area contributed by atoms with Crippen LogP contribution < -0.4 is 5.46 Å². The molecule has 0 unspecified atom stereocenters. The molecule has 1 aromatic heterocycles. The molecule has 3 nitrogen and oxygen atoms in total. The molecule has 4 heteroatoms. The third kappa shape index (κ3) is 2.59. The SMILES string of the molecule is CC(C)Cc1c[nH]c2ccc(B3OC(C)(C)C(C)(C)O3)cc12. The Hall–Kier alpha value is -1.26. The number of nitrogens with one attached hydrogen (secondary N) is 1. The topological polar surface area (TPSA) is 34.2 Å². The van der Waals surface area contributed by atoms with Crippen molar-refractivity contribution >= 4 is 23.5 Å². The van der Waals surface area contributed by atoms with Gasteiger partial charge in [0.2, 0.25) is 0 Å².